The maximum absolute atomic E-state index is 13.8. The van der Waals surface area contributed by atoms with Crippen LogP contribution in [0.5, 0.6) is 11.5 Å². The molecule has 0 atom stereocenters. The molecule has 5 nitrogen and oxygen atoms in total. The van der Waals surface area contributed by atoms with Gasteiger partial charge in [-0.2, -0.15) is 0 Å². The Morgan fingerprint density at radius 2 is 1.85 bits per heavy atom. The third-order valence-electron chi connectivity index (χ3n) is 4.86. The van der Waals surface area contributed by atoms with Gasteiger partial charge in [0.2, 0.25) is 0 Å². The molecule has 0 bridgehead atoms. The minimum Gasteiger partial charge on any atom is -0.493 e. The Kier molecular flexibility index (Phi) is 2.89. The van der Waals surface area contributed by atoms with E-state index in [1.165, 1.54) is 26.4 Å². The third-order valence-corrected chi connectivity index (χ3v) is 4.86. The summed E-state index contributed by atoms with van der Waals surface area (Å²) >= 11 is 0. The molecule has 0 saturated carbocycles. The Hall–Kier alpha value is -3.41. The van der Waals surface area contributed by atoms with Crippen LogP contribution >= 0.6 is 0 Å². The second-order valence-corrected chi connectivity index (χ2v) is 6.08. The van der Waals surface area contributed by atoms with Crippen LogP contribution in [0.3, 0.4) is 0 Å². The van der Waals surface area contributed by atoms with Crippen LogP contribution in [0.15, 0.2) is 47.4 Å². The number of benzene rings is 2. The van der Waals surface area contributed by atoms with Crippen LogP contribution in [0.25, 0.3) is 38.1 Å². The van der Waals surface area contributed by atoms with Crippen molar-refractivity contribution in [2.45, 2.75) is 0 Å². The van der Waals surface area contributed by atoms with Gasteiger partial charge in [-0.25, -0.2) is 4.39 Å². The predicted octanol–water partition coefficient (Wildman–Crippen LogP) is 3.75. The summed E-state index contributed by atoms with van der Waals surface area (Å²) in [5.41, 5.74) is 1.73. The number of hydrogen-bond donors (Lipinski definition) is 0. The van der Waals surface area contributed by atoms with Crippen molar-refractivity contribution in [1.29, 1.82) is 0 Å². The van der Waals surface area contributed by atoms with Gasteiger partial charge in [-0.15, -0.1) is 0 Å². The molecule has 128 valence electrons. The highest BCUT2D eigenvalue weighted by molar-refractivity contribution is 6.19. The summed E-state index contributed by atoms with van der Waals surface area (Å²) < 4.78 is 26.2. The van der Waals surface area contributed by atoms with Gasteiger partial charge in [-0.1, -0.05) is 0 Å². The first-order valence-corrected chi connectivity index (χ1v) is 8.04. The van der Waals surface area contributed by atoms with Crippen LogP contribution in [-0.2, 0) is 0 Å². The Morgan fingerprint density at radius 1 is 1.00 bits per heavy atom. The molecule has 2 aromatic carbocycles. The second kappa shape index (κ2) is 5.05. The number of fused-ring (bicyclic) bond motifs is 5. The normalized spacial score (nSPS) is 11.8. The topological polar surface area (TPSA) is 52.8 Å². The zero-order valence-electron chi connectivity index (χ0n) is 14.0. The highest BCUT2D eigenvalue weighted by atomic mass is 19.1. The quantitative estimate of drug-likeness (QED) is 0.456. The lowest BCUT2D eigenvalue weighted by molar-refractivity contribution is 0.358. The summed E-state index contributed by atoms with van der Waals surface area (Å²) in [4.78, 5) is 17.9. The monoisotopic (exact) mass is 348 g/mol. The summed E-state index contributed by atoms with van der Waals surface area (Å²) in [5.74, 6) is 0.486. The van der Waals surface area contributed by atoms with E-state index in [9.17, 15) is 9.18 Å². The average Bonchev–Trinajstić information content (AvgIpc) is 2.99. The summed E-state index contributed by atoms with van der Waals surface area (Å²) in [6.07, 6.45) is 1.67. The first-order valence-electron chi connectivity index (χ1n) is 8.04. The van der Waals surface area contributed by atoms with Crippen molar-refractivity contribution in [3.8, 4) is 11.5 Å². The second-order valence-electron chi connectivity index (χ2n) is 6.08. The summed E-state index contributed by atoms with van der Waals surface area (Å²) in [6, 6.07) is 9.77. The first-order chi connectivity index (χ1) is 12.7. The fraction of sp³-hybridized carbons (Fsp3) is 0.100. The molecule has 0 aliphatic heterocycles. The lowest BCUT2D eigenvalue weighted by Crippen LogP contribution is -2.14. The number of pyridine rings is 2. The zero-order valence-corrected chi connectivity index (χ0v) is 14.0. The molecule has 0 amide bonds. The van der Waals surface area contributed by atoms with Gasteiger partial charge in [0.05, 0.1) is 36.2 Å². The molecule has 0 saturated heterocycles. The third kappa shape index (κ3) is 1.68. The van der Waals surface area contributed by atoms with Crippen molar-refractivity contribution in [2.24, 2.45) is 0 Å². The van der Waals surface area contributed by atoms with E-state index >= 15 is 0 Å². The lowest BCUT2D eigenvalue weighted by atomic mass is 10.1. The number of methoxy groups -OCH3 is 2. The van der Waals surface area contributed by atoms with Crippen LogP contribution in [0.4, 0.5) is 4.39 Å². The number of nitrogens with zero attached hydrogens (tertiary/aromatic N) is 2. The molecule has 5 rings (SSSR count). The van der Waals surface area contributed by atoms with Gasteiger partial charge in [0, 0.05) is 22.4 Å². The van der Waals surface area contributed by atoms with Crippen molar-refractivity contribution < 1.29 is 13.9 Å². The Labute approximate surface area is 146 Å². The van der Waals surface area contributed by atoms with Crippen LogP contribution in [0.1, 0.15) is 0 Å². The fourth-order valence-electron chi connectivity index (χ4n) is 3.79. The molecule has 3 aromatic heterocycles. The lowest BCUT2D eigenvalue weighted by Gasteiger charge is -2.12. The van der Waals surface area contributed by atoms with Gasteiger partial charge in [0.25, 0.3) is 5.56 Å². The minimum absolute atomic E-state index is 0.247. The Balaban J connectivity index is 2.19. The van der Waals surface area contributed by atoms with Gasteiger partial charge < -0.3 is 9.47 Å². The van der Waals surface area contributed by atoms with Gasteiger partial charge >= 0.3 is 0 Å². The molecule has 0 fully saturated rings. The van der Waals surface area contributed by atoms with E-state index in [1.54, 1.807) is 34.9 Å². The molecule has 0 aliphatic rings. The van der Waals surface area contributed by atoms with Gasteiger partial charge in [0.15, 0.2) is 11.5 Å². The fourth-order valence-corrected chi connectivity index (χ4v) is 3.79. The molecule has 0 unspecified atom stereocenters. The van der Waals surface area contributed by atoms with E-state index in [0.717, 1.165) is 5.39 Å². The number of hydrogen-bond acceptors (Lipinski definition) is 4. The van der Waals surface area contributed by atoms with Crippen molar-refractivity contribution in [3.05, 3.63) is 58.8 Å². The highest BCUT2D eigenvalue weighted by Crippen LogP contribution is 2.38. The predicted molar refractivity (Wildman–Crippen MR) is 98.2 cm³/mol. The number of aromatic nitrogens is 2. The average molecular weight is 348 g/mol. The molecule has 26 heavy (non-hydrogen) atoms. The summed E-state index contributed by atoms with van der Waals surface area (Å²) in [7, 11) is 3.02. The maximum Gasteiger partial charge on any atom is 0.267 e. The van der Waals surface area contributed by atoms with E-state index in [0.29, 0.717) is 44.2 Å². The summed E-state index contributed by atoms with van der Waals surface area (Å²) in [5, 5.41) is 2.53. The molecule has 0 radical (unpaired) electrons. The standard InChI is InChI=1S/C20H13FN2O3/c1-25-15-6-4-12-16(19(15)26-2)20(24)23-14-5-3-10(21)9-13(14)11-7-8-22-17(12)18(11)23/h3-9H,1-2H3. The number of ether oxygens (including phenoxy) is 2. The van der Waals surface area contributed by atoms with E-state index in [-0.39, 0.29) is 11.4 Å². The molecule has 6 heteroatoms. The molecular formula is C20H13FN2O3. The molecule has 3 heterocycles. The largest absolute Gasteiger partial charge is 0.493 e. The SMILES string of the molecule is COc1ccc2c(c1OC)c(=O)n1c3ccc(F)cc3c3ccnc2c31. The van der Waals surface area contributed by atoms with Crippen molar-refractivity contribution in [1.82, 2.24) is 9.38 Å². The van der Waals surface area contributed by atoms with Crippen LogP contribution in [0, 0.1) is 5.82 Å². The Bertz CT molecular complexity index is 1390. The van der Waals surface area contributed by atoms with Gasteiger partial charge in [-0.05, 0) is 36.4 Å². The zero-order chi connectivity index (χ0) is 18.0. The van der Waals surface area contributed by atoms with Crippen LogP contribution < -0.4 is 15.0 Å². The van der Waals surface area contributed by atoms with Crippen LogP contribution in [0.2, 0.25) is 0 Å². The highest BCUT2D eigenvalue weighted by Gasteiger charge is 2.21. The van der Waals surface area contributed by atoms with E-state index < -0.39 is 0 Å². The summed E-state index contributed by atoms with van der Waals surface area (Å²) in [6.45, 7) is 0. The Morgan fingerprint density at radius 3 is 2.62 bits per heavy atom. The van der Waals surface area contributed by atoms with Crippen molar-refractivity contribution in [2.75, 3.05) is 14.2 Å². The van der Waals surface area contributed by atoms with Crippen LogP contribution in [-0.4, -0.2) is 23.6 Å². The molecular weight excluding hydrogens is 335 g/mol. The van der Waals surface area contributed by atoms with E-state index in [2.05, 4.69) is 4.98 Å². The smallest absolute Gasteiger partial charge is 0.267 e. The molecule has 5 aromatic rings. The van der Waals surface area contributed by atoms with Crippen molar-refractivity contribution >= 4 is 38.1 Å². The molecule has 0 N–H and O–H groups in total. The molecule has 0 aliphatic carbocycles. The van der Waals surface area contributed by atoms with Crippen molar-refractivity contribution in [3.63, 3.8) is 0 Å². The first kappa shape index (κ1) is 14.9. The molecule has 0 spiro atoms. The van der Waals surface area contributed by atoms with Gasteiger partial charge in [0.1, 0.15) is 5.82 Å². The van der Waals surface area contributed by atoms with E-state index in [1.807, 2.05) is 0 Å². The van der Waals surface area contributed by atoms with Gasteiger partial charge in [-0.3, -0.25) is 14.2 Å². The number of halogens is 1. The van der Waals surface area contributed by atoms with E-state index in [4.69, 9.17) is 9.47 Å². The number of rotatable bonds is 2. The minimum atomic E-state index is -0.349. The maximum atomic E-state index is 13.8.